The number of hydrogen-bond acceptors (Lipinski definition) is 6. The van der Waals surface area contributed by atoms with E-state index >= 15 is 0 Å². The van der Waals surface area contributed by atoms with E-state index in [1.807, 2.05) is 11.8 Å². The topological polar surface area (TPSA) is 72.6 Å². The summed E-state index contributed by atoms with van der Waals surface area (Å²) < 4.78 is 38.0. The van der Waals surface area contributed by atoms with E-state index < -0.39 is 9.84 Å². The summed E-state index contributed by atoms with van der Waals surface area (Å²) in [6.07, 6.45) is 0. The van der Waals surface area contributed by atoms with Gasteiger partial charge in [-0.2, -0.15) is 4.98 Å². The molecule has 0 saturated carbocycles. The number of rotatable bonds is 4. The van der Waals surface area contributed by atoms with Gasteiger partial charge in [-0.1, -0.05) is 41.4 Å². The van der Waals surface area contributed by atoms with Gasteiger partial charge in [0.25, 0.3) is 0 Å². The summed E-state index contributed by atoms with van der Waals surface area (Å²) in [6.45, 7) is 3.93. The van der Waals surface area contributed by atoms with Crippen molar-refractivity contribution in [2.24, 2.45) is 0 Å². The van der Waals surface area contributed by atoms with Crippen LogP contribution in [-0.2, 0) is 14.6 Å². The Morgan fingerprint density at radius 3 is 2.39 bits per heavy atom. The molecule has 0 unspecified atom stereocenters. The number of halogens is 1. The molecule has 2 aromatic carbocycles. The Labute approximate surface area is 168 Å². The second kappa shape index (κ2) is 7.58. The van der Waals surface area contributed by atoms with Crippen LogP contribution in [0.15, 0.2) is 62.9 Å². The van der Waals surface area contributed by atoms with Crippen molar-refractivity contribution in [1.82, 2.24) is 4.98 Å². The smallest absolute Gasteiger partial charge is 0.236 e. The zero-order chi connectivity index (χ0) is 19.7. The van der Waals surface area contributed by atoms with E-state index in [1.165, 1.54) is 0 Å². The first-order valence-corrected chi connectivity index (χ1v) is 10.7. The number of morpholine rings is 1. The molecular formula is C20H19ClN2O4S. The summed E-state index contributed by atoms with van der Waals surface area (Å²) in [5.74, 6) is 0.400. The van der Waals surface area contributed by atoms with Crippen molar-refractivity contribution < 1.29 is 17.6 Å². The van der Waals surface area contributed by atoms with Gasteiger partial charge in [0.05, 0.1) is 28.7 Å². The summed E-state index contributed by atoms with van der Waals surface area (Å²) in [4.78, 5) is 6.38. The zero-order valence-electron chi connectivity index (χ0n) is 15.3. The predicted octanol–water partition coefficient (Wildman–Crippen LogP) is 3.97. The molecule has 0 spiro atoms. The molecule has 1 aliphatic heterocycles. The summed E-state index contributed by atoms with van der Waals surface area (Å²) in [7, 11) is -3.87. The molecular weight excluding hydrogens is 400 g/mol. The minimum atomic E-state index is -3.87. The fraction of sp³-hybridized carbons (Fsp3) is 0.250. The lowest BCUT2D eigenvalue weighted by molar-refractivity contribution is 0.120. The number of benzene rings is 2. The Morgan fingerprint density at radius 1 is 1.04 bits per heavy atom. The lowest BCUT2D eigenvalue weighted by atomic mass is 10.2. The zero-order valence-corrected chi connectivity index (χ0v) is 16.8. The molecule has 0 atom stereocenters. The number of oxazole rings is 1. The maximum Gasteiger partial charge on any atom is 0.236 e. The second-order valence-corrected chi connectivity index (χ2v) is 8.80. The van der Waals surface area contributed by atoms with Crippen LogP contribution < -0.4 is 4.90 Å². The van der Waals surface area contributed by atoms with Crippen molar-refractivity contribution in [3.8, 4) is 11.5 Å². The van der Waals surface area contributed by atoms with Crippen LogP contribution in [0, 0.1) is 6.92 Å². The number of ether oxygens (including phenoxy) is 1. The Bertz CT molecular complexity index is 1090. The van der Waals surface area contributed by atoms with Gasteiger partial charge in [0.15, 0.2) is 0 Å². The van der Waals surface area contributed by atoms with Gasteiger partial charge in [-0.25, -0.2) is 8.42 Å². The Balaban J connectivity index is 1.87. The van der Waals surface area contributed by atoms with Gasteiger partial charge in [0, 0.05) is 13.1 Å². The lowest BCUT2D eigenvalue weighted by Crippen LogP contribution is -2.36. The van der Waals surface area contributed by atoms with Gasteiger partial charge in [0.2, 0.25) is 26.6 Å². The number of hydrogen-bond donors (Lipinski definition) is 0. The van der Waals surface area contributed by atoms with Gasteiger partial charge in [-0.05, 0) is 31.2 Å². The van der Waals surface area contributed by atoms with E-state index in [4.69, 9.17) is 20.8 Å². The molecule has 28 heavy (non-hydrogen) atoms. The largest absolute Gasteiger partial charge is 0.419 e. The molecule has 1 aliphatic rings. The minimum absolute atomic E-state index is 0.104. The highest BCUT2D eigenvalue weighted by Crippen LogP contribution is 2.37. The third kappa shape index (κ3) is 3.53. The monoisotopic (exact) mass is 418 g/mol. The average molecular weight is 419 g/mol. The highest BCUT2D eigenvalue weighted by molar-refractivity contribution is 7.91. The third-order valence-corrected chi connectivity index (χ3v) is 6.57. The lowest BCUT2D eigenvalue weighted by Gasteiger charge is -2.26. The van der Waals surface area contributed by atoms with Crippen molar-refractivity contribution in [3.63, 3.8) is 0 Å². The number of anilines is 1. The number of aryl methyl sites for hydroxylation is 1. The number of nitrogens with zero attached hydrogens (tertiary/aromatic N) is 2. The van der Waals surface area contributed by atoms with E-state index in [0.717, 1.165) is 5.56 Å². The Hall–Kier alpha value is -2.35. The first kappa shape index (κ1) is 19.0. The molecule has 6 nitrogen and oxygen atoms in total. The van der Waals surface area contributed by atoms with Crippen LogP contribution in [-0.4, -0.2) is 39.7 Å². The summed E-state index contributed by atoms with van der Waals surface area (Å²) >= 11 is 6.27. The first-order valence-electron chi connectivity index (χ1n) is 8.87. The van der Waals surface area contributed by atoms with E-state index in [0.29, 0.717) is 36.9 Å². The molecule has 0 amide bonds. The highest BCUT2D eigenvalue weighted by atomic mass is 35.5. The molecule has 0 radical (unpaired) electrons. The molecule has 0 aliphatic carbocycles. The van der Waals surface area contributed by atoms with Crippen LogP contribution >= 0.6 is 11.6 Å². The van der Waals surface area contributed by atoms with Crippen LogP contribution in [0.4, 0.5) is 5.88 Å². The highest BCUT2D eigenvalue weighted by Gasteiger charge is 2.32. The average Bonchev–Trinajstić information content (AvgIpc) is 3.15. The SMILES string of the molecule is Cc1ccc(S(=O)(=O)c2nc(-c3ccccc3Cl)oc2N2CCOCC2)cc1. The quantitative estimate of drug-likeness (QED) is 0.638. The Morgan fingerprint density at radius 2 is 1.71 bits per heavy atom. The fourth-order valence-electron chi connectivity index (χ4n) is 3.02. The number of sulfone groups is 1. The molecule has 1 saturated heterocycles. The fourth-order valence-corrected chi connectivity index (χ4v) is 4.56. The molecule has 0 N–H and O–H groups in total. The molecule has 2 heterocycles. The second-order valence-electron chi connectivity index (χ2n) is 6.53. The van der Waals surface area contributed by atoms with Crippen LogP contribution in [0.5, 0.6) is 0 Å². The minimum Gasteiger partial charge on any atom is -0.419 e. The van der Waals surface area contributed by atoms with Gasteiger partial charge < -0.3 is 14.1 Å². The summed E-state index contributed by atoms with van der Waals surface area (Å²) in [6, 6.07) is 13.7. The van der Waals surface area contributed by atoms with E-state index in [-0.39, 0.29) is 21.7 Å². The van der Waals surface area contributed by atoms with E-state index in [1.54, 1.807) is 48.5 Å². The summed E-state index contributed by atoms with van der Waals surface area (Å²) in [5.41, 5.74) is 1.52. The van der Waals surface area contributed by atoms with Crippen molar-refractivity contribution in [2.75, 3.05) is 31.2 Å². The molecule has 1 fully saturated rings. The van der Waals surface area contributed by atoms with Crippen molar-refractivity contribution in [2.45, 2.75) is 16.8 Å². The maximum absolute atomic E-state index is 13.3. The van der Waals surface area contributed by atoms with Crippen molar-refractivity contribution in [3.05, 3.63) is 59.1 Å². The van der Waals surface area contributed by atoms with Crippen LogP contribution in [0.2, 0.25) is 5.02 Å². The molecule has 4 rings (SSSR count). The molecule has 0 bridgehead atoms. The summed E-state index contributed by atoms with van der Waals surface area (Å²) in [5, 5.41) is 0.338. The standard InChI is InChI=1S/C20H19ClN2O4S/c1-14-6-8-15(9-7-14)28(24,25)19-20(23-10-12-26-13-11-23)27-18(22-19)16-4-2-3-5-17(16)21/h2-9H,10-13H2,1H3. The van der Waals surface area contributed by atoms with E-state index in [2.05, 4.69) is 4.98 Å². The molecule has 8 heteroatoms. The van der Waals surface area contributed by atoms with E-state index in [9.17, 15) is 8.42 Å². The maximum atomic E-state index is 13.3. The number of aromatic nitrogens is 1. The van der Waals surface area contributed by atoms with Crippen LogP contribution in [0.3, 0.4) is 0 Å². The van der Waals surface area contributed by atoms with Crippen molar-refractivity contribution in [1.29, 1.82) is 0 Å². The Kier molecular flexibility index (Phi) is 5.14. The normalized spacial score (nSPS) is 15.0. The molecule has 1 aromatic heterocycles. The molecule has 3 aromatic rings. The van der Waals surface area contributed by atoms with Gasteiger partial charge in [-0.15, -0.1) is 0 Å². The van der Waals surface area contributed by atoms with Crippen LogP contribution in [0.25, 0.3) is 11.5 Å². The molecule has 146 valence electrons. The van der Waals surface area contributed by atoms with Gasteiger partial charge >= 0.3 is 0 Å². The van der Waals surface area contributed by atoms with Crippen LogP contribution in [0.1, 0.15) is 5.56 Å². The van der Waals surface area contributed by atoms with Gasteiger partial charge in [0.1, 0.15) is 0 Å². The first-order chi connectivity index (χ1) is 13.5. The van der Waals surface area contributed by atoms with Gasteiger partial charge in [-0.3, -0.25) is 0 Å². The third-order valence-electron chi connectivity index (χ3n) is 4.57. The van der Waals surface area contributed by atoms with Crippen molar-refractivity contribution >= 4 is 27.3 Å². The predicted molar refractivity (Wildman–Crippen MR) is 107 cm³/mol.